The summed E-state index contributed by atoms with van der Waals surface area (Å²) >= 11 is 0. The van der Waals surface area contributed by atoms with Crippen molar-refractivity contribution in [2.45, 2.75) is 34.4 Å². The normalized spacial score (nSPS) is 10.7. The number of hydrogen-bond donors (Lipinski definition) is 1. The van der Waals surface area contributed by atoms with Gasteiger partial charge in [-0.15, -0.1) is 10.2 Å². The van der Waals surface area contributed by atoms with Crippen molar-refractivity contribution in [3.05, 3.63) is 224 Å². The minimum atomic E-state index is 0. The molecule has 0 atom stereocenters. The molecule has 9 nitrogen and oxygen atoms in total. The van der Waals surface area contributed by atoms with Crippen LogP contribution in [0.2, 0.25) is 0 Å². The van der Waals surface area contributed by atoms with Crippen molar-refractivity contribution in [2.75, 3.05) is 0 Å². The predicted molar refractivity (Wildman–Crippen MR) is 284 cm³/mol. The Morgan fingerprint density at radius 3 is 1.24 bits per heavy atom. The number of H-pyrrole nitrogens is 1. The van der Waals surface area contributed by atoms with Crippen LogP contribution in [0.4, 0.5) is 0 Å². The van der Waals surface area contributed by atoms with Crippen molar-refractivity contribution in [3.63, 3.8) is 0 Å². The maximum Gasteiger partial charge on any atom is 0.204 e. The Kier molecular flexibility index (Phi) is 13.9. The Balaban J connectivity index is 0.000000172. The van der Waals surface area contributed by atoms with Crippen LogP contribution < -0.4 is 0 Å². The van der Waals surface area contributed by atoms with Gasteiger partial charge in [-0.1, -0.05) is 208 Å². The molecule has 0 aliphatic carbocycles. The smallest absolute Gasteiger partial charge is 0.204 e. The van der Waals surface area contributed by atoms with Gasteiger partial charge in [0.15, 0.2) is 0 Å². The molecule has 3 heterocycles. The van der Waals surface area contributed by atoms with Gasteiger partial charge in [-0.05, 0) is 59.5 Å². The molecule has 0 aliphatic rings. The van der Waals surface area contributed by atoms with Crippen LogP contribution in [0.25, 0.3) is 101 Å². The van der Waals surface area contributed by atoms with Crippen molar-refractivity contribution in [1.82, 2.24) is 39.7 Å². The summed E-state index contributed by atoms with van der Waals surface area (Å²) in [5.74, 6) is 2.44. The number of nitriles is 1. The van der Waals surface area contributed by atoms with Crippen LogP contribution in [0.15, 0.2) is 218 Å². The van der Waals surface area contributed by atoms with E-state index < -0.39 is 0 Å². The number of hydrogen-bond acceptors (Lipinski definition) is 6. The molecule has 9 heteroatoms. The molecule has 0 unspecified atom stereocenters. The first-order valence-corrected chi connectivity index (χ1v) is 23.1. The van der Waals surface area contributed by atoms with E-state index in [1.165, 1.54) is 0 Å². The molecule has 1 N–H and O–H groups in total. The second kappa shape index (κ2) is 21.1. The first-order chi connectivity index (χ1) is 34.1. The number of rotatable bonds is 11. The van der Waals surface area contributed by atoms with Crippen LogP contribution >= 0.6 is 0 Å². The van der Waals surface area contributed by atoms with E-state index in [4.69, 9.17) is 9.97 Å². The van der Waals surface area contributed by atoms with Gasteiger partial charge in [0.1, 0.15) is 11.6 Å². The number of nitrogens with zero attached hydrogens (tertiary/aromatic N) is 8. The highest BCUT2D eigenvalue weighted by Gasteiger charge is 2.24. The minimum Gasteiger partial charge on any atom is -0.324 e. The summed E-state index contributed by atoms with van der Waals surface area (Å²) in [6, 6.07) is 76.7. The van der Waals surface area contributed by atoms with Crippen LogP contribution in [0.5, 0.6) is 0 Å². The van der Waals surface area contributed by atoms with Crippen LogP contribution in [-0.4, -0.2) is 39.7 Å². The fourth-order valence-corrected chi connectivity index (χ4v) is 9.03. The highest BCUT2D eigenvalue weighted by atomic mass is 15.5. The van der Waals surface area contributed by atoms with Gasteiger partial charge in [-0.3, -0.25) is 0 Å². The second-order valence-electron chi connectivity index (χ2n) is 16.3. The van der Waals surface area contributed by atoms with E-state index in [1.54, 1.807) is 0 Å². The van der Waals surface area contributed by atoms with Gasteiger partial charge >= 0.3 is 0 Å². The molecule has 0 fully saturated rings. The third-order valence-electron chi connectivity index (χ3n) is 12.2. The van der Waals surface area contributed by atoms with E-state index in [9.17, 15) is 5.26 Å². The summed E-state index contributed by atoms with van der Waals surface area (Å²) in [5.41, 5.74) is 16.6. The molecule has 11 aromatic rings. The van der Waals surface area contributed by atoms with Crippen molar-refractivity contribution in [1.29, 1.82) is 5.26 Å². The summed E-state index contributed by atoms with van der Waals surface area (Å²) in [5, 5.41) is 23.9. The number of aromatic amines is 1. The van der Waals surface area contributed by atoms with Crippen molar-refractivity contribution in [2.24, 2.45) is 0 Å². The second-order valence-corrected chi connectivity index (χ2v) is 16.3. The Labute approximate surface area is 409 Å². The average molecular weight is 910 g/mol. The van der Waals surface area contributed by atoms with E-state index in [-0.39, 0.29) is 7.43 Å². The van der Waals surface area contributed by atoms with Gasteiger partial charge < -0.3 is 9.13 Å². The topological polar surface area (TPSA) is 114 Å². The largest absolute Gasteiger partial charge is 0.324 e. The molecular formula is C61H51N9. The highest BCUT2D eigenvalue weighted by Crippen LogP contribution is 2.41. The molecule has 0 radical (unpaired) electrons. The summed E-state index contributed by atoms with van der Waals surface area (Å²) < 4.78 is 4.62. The molecule has 340 valence electrons. The molecule has 11 rings (SSSR count). The Bertz CT molecular complexity index is 3520. The number of nitrogens with one attached hydrogen (secondary N) is 1. The van der Waals surface area contributed by atoms with Gasteiger partial charge in [0.25, 0.3) is 0 Å². The zero-order valence-corrected chi connectivity index (χ0v) is 38.3. The molecule has 0 saturated carbocycles. The third kappa shape index (κ3) is 9.22. The number of tetrazole rings is 1. The van der Waals surface area contributed by atoms with E-state index >= 15 is 0 Å². The van der Waals surface area contributed by atoms with Crippen LogP contribution in [0.3, 0.4) is 0 Å². The first kappa shape index (κ1) is 45.9. The molecule has 0 aliphatic heterocycles. The van der Waals surface area contributed by atoms with Crippen molar-refractivity contribution < 1.29 is 0 Å². The molecule has 8 aromatic carbocycles. The quantitative estimate of drug-likeness (QED) is 0.138. The van der Waals surface area contributed by atoms with Crippen molar-refractivity contribution >= 4 is 0 Å². The summed E-state index contributed by atoms with van der Waals surface area (Å²) in [6.45, 7) is 5.90. The van der Waals surface area contributed by atoms with Crippen LogP contribution in [0.1, 0.15) is 26.8 Å². The Morgan fingerprint density at radius 2 is 0.814 bits per heavy atom. The lowest BCUT2D eigenvalue weighted by atomic mass is 9.97. The predicted octanol–water partition coefficient (Wildman–Crippen LogP) is 14.8. The monoisotopic (exact) mass is 909 g/mol. The standard InChI is InChI=1S/C30H24N6.C30H23N3.CH4/c1-2-36-28(22-14-7-4-8-15-22)27(21-12-5-3-6-13-21)31-30(36)26-19-10-9-18-25(26)23-16-11-17-24(20-23)29-32-34-35-33-29;1-2-33-29(24-15-7-4-8-16-24)28(23-13-5-3-6-14-23)32-30(33)27-19-10-9-18-26(27)25-17-11-12-22(20-25)21-31;/h3-20H,2H2,1H3,(H,32,33,34,35);3-20H,2H2,1H3;1H4. The lowest BCUT2D eigenvalue weighted by Crippen LogP contribution is -2.01. The Morgan fingerprint density at radius 1 is 0.429 bits per heavy atom. The van der Waals surface area contributed by atoms with Crippen LogP contribution in [0, 0.1) is 11.3 Å². The molecular weight excluding hydrogens is 859 g/mol. The minimum absolute atomic E-state index is 0. The summed E-state index contributed by atoms with van der Waals surface area (Å²) in [4.78, 5) is 10.5. The van der Waals surface area contributed by atoms with E-state index in [1.807, 2.05) is 66.7 Å². The summed E-state index contributed by atoms with van der Waals surface area (Å²) in [6.07, 6.45) is 0. The van der Waals surface area contributed by atoms with E-state index in [0.717, 1.165) is 109 Å². The number of imidazole rings is 2. The molecule has 0 spiro atoms. The SMILES string of the molecule is C.CCn1c(-c2ccccc2-c2cccc(-c3nn[nH]n3)c2)nc(-c2ccccc2)c1-c1ccccc1.CCn1c(-c2ccccc2-c2cccc(C#N)c2)nc(-c2ccccc2)c1-c1ccccc1. The van der Waals surface area contributed by atoms with Gasteiger partial charge in [0.05, 0.1) is 34.4 Å². The maximum atomic E-state index is 9.40. The maximum absolute atomic E-state index is 9.40. The van der Waals surface area contributed by atoms with Crippen molar-refractivity contribution in [3.8, 4) is 108 Å². The fourth-order valence-electron chi connectivity index (χ4n) is 9.03. The average Bonchev–Trinajstić information content (AvgIpc) is 4.21. The lowest BCUT2D eigenvalue weighted by Gasteiger charge is -2.14. The van der Waals surface area contributed by atoms with Crippen LogP contribution in [-0.2, 0) is 13.1 Å². The number of aromatic nitrogens is 8. The zero-order chi connectivity index (χ0) is 46.9. The van der Waals surface area contributed by atoms with E-state index in [2.05, 4.69) is 201 Å². The number of benzene rings is 8. The molecule has 0 bridgehead atoms. The van der Waals surface area contributed by atoms with Gasteiger partial charge in [0, 0.05) is 52.0 Å². The summed E-state index contributed by atoms with van der Waals surface area (Å²) in [7, 11) is 0. The lowest BCUT2D eigenvalue weighted by molar-refractivity contribution is 0.778. The highest BCUT2D eigenvalue weighted by molar-refractivity contribution is 5.89. The molecule has 3 aromatic heterocycles. The van der Waals surface area contributed by atoms with Gasteiger partial charge in [-0.2, -0.15) is 10.5 Å². The van der Waals surface area contributed by atoms with Gasteiger partial charge in [0.2, 0.25) is 5.82 Å². The molecule has 0 saturated heterocycles. The zero-order valence-electron chi connectivity index (χ0n) is 38.3. The molecule has 70 heavy (non-hydrogen) atoms. The fraction of sp³-hybridized carbons (Fsp3) is 0.0820. The third-order valence-corrected chi connectivity index (χ3v) is 12.2. The molecule has 0 amide bonds. The first-order valence-electron chi connectivity index (χ1n) is 23.1. The van der Waals surface area contributed by atoms with Gasteiger partial charge in [-0.25, -0.2) is 9.97 Å². The van der Waals surface area contributed by atoms with E-state index in [0.29, 0.717) is 11.4 Å². The Hall–Kier alpha value is -9.26.